The van der Waals surface area contributed by atoms with Crippen LogP contribution in [-0.2, 0) is 9.59 Å². The molecule has 0 aromatic carbocycles. The summed E-state index contributed by atoms with van der Waals surface area (Å²) in [5.74, 6) is -1.26. The standard InChI is InChI=1S/C26H37N3O4S/c1-9-19(13-21(17(4)5)25(32)27-18(6)7)15-29(8)23-11-10-22(34-23)26(33)28-20(12-16(2)3)14-24(30)31/h9-11,13,16,20H,4,12,14-15H2,1-3,5-8H3,(H,28,33)(H,30,31)/b19-9?,21-13+. The predicted octanol–water partition coefficient (Wildman–Crippen LogP) is 5.26. The number of anilines is 1. The summed E-state index contributed by atoms with van der Waals surface area (Å²) in [5, 5.41) is 12.9. The van der Waals surface area contributed by atoms with Crippen LogP contribution in [0.15, 0.2) is 52.6 Å². The van der Waals surface area contributed by atoms with E-state index in [1.807, 2.05) is 44.9 Å². The molecule has 1 heterocycles. The van der Waals surface area contributed by atoms with Crippen LogP contribution in [0.4, 0.5) is 5.00 Å². The van der Waals surface area contributed by atoms with E-state index in [-0.39, 0.29) is 24.2 Å². The molecule has 7 nitrogen and oxygen atoms in total. The Hall–Kier alpha value is -3.00. The van der Waals surface area contributed by atoms with Gasteiger partial charge in [-0.05, 0) is 69.4 Å². The van der Waals surface area contributed by atoms with Gasteiger partial charge in [0.1, 0.15) is 0 Å². The Morgan fingerprint density at radius 3 is 2.38 bits per heavy atom. The van der Waals surface area contributed by atoms with Crippen molar-refractivity contribution in [2.75, 3.05) is 18.5 Å². The molecule has 1 aromatic heterocycles. The molecule has 0 aliphatic carbocycles. The van der Waals surface area contributed by atoms with Gasteiger partial charge in [-0.25, -0.2) is 4.99 Å². The first kappa shape index (κ1) is 29.0. The zero-order valence-electron chi connectivity index (χ0n) is 21.3. The van der Waals surface area contributed by atoms with Gasteiger partial charge in [0.25, 0.3) is 11.8 Å². The molecule has 1 atom stereocenters. The zero-order valence-corrected chi connectivity index (χ0v) is 22.1. The highest BCUT2D eigenvalue weighted by molar-refractivity contribution is 7.18. The van der Waals surface area contributed by atoms with Crippen LogP contribution in [0, 0.1) is 5.92 Å². The van der Waals surface area contributed by atoms with Crippen molar-refractivity contribution in [3.63, 3.8) is 0 Å². The SMILES string of the molecule is C=C(C)/C(=C\C(=CC)CN(C)c1ccc(C(=O)NC(CC(=O)O)CC(C)C)s1)C(=O)N=C(C)C. The van der Waals surface area contributed by atoms with Crippen LogP contribution >= 0.6 is 11.3 Å². The van der Waals surface area contributed by atoms with E-state index in [0.29, 0.717) is 34.7 Å². The van der Waals surface area contributed by atoms with Crippen LogP contribution < -0.4 is 10.2 Å². The summed E-state index contributed by atoms with van der Waals surface area (Å²) in [6.45, 7) is 15.7. The van der Waals surface area contributed by atoms with Gasteiger partial charge >= 0.3 is 5.97 Å². The second kappa shape index (κ2) is 13.6. The van der Waals surface area contributed by atoms with Crippen molar-refractivity contribution in [2.45, 2.75) is 60.4 Å². The molecule has 0 aliphatic rings. The summed E-state index contributed by atoms with van der Waals surface area (Å²) in [5.41, 5.74) is 2.70. The van der Waals surface area contributed by atoms with Crippen LogP contribution in [0.1, 0.15) is 64.1 Å². The zero-order chi connectivity index (χ0) is 26.0. The third-order valence-electron chi connectivity index (χ3n) is 4.84. The van der Waals surface area contributed by atoms with E-state index in [4.69, 9.17) is 5.11 Å². The number of hydrogen-bond donors (Lipinski definition) is 2. The number of likely N-dealkylation sites (N-methyl/N-ethyl adjacent to an activating group) is 1. The molecule has 1 aromatic rings. The summed E-state index contributed by atoms with van der Waals surface area (Å²) in [7, 11) is 1.91. The second-order valence-corrected chi connectivity index (χ2v) is 10.0. The number of carboxylic acid groups (broad SMARTS) is 1. The average molecular weight is 488 g/mol. The predicted molar refractivity (Wildman–Crippen MR) is 141 cm³/mol. The molecule has 0 fully saturated rings. The first-order valence-electron chi connectivity index (χ1n) is 11.3. The summed E-state index contributed by atoms with van der Waals surface area (Å²) in [6, 6.07) is 3.19. The van der Waals surface area contributed by atoms with Crippen molar-refractivity contribution in [2.24, 2.45) is 10.9 Å². The van der Waals surface area contributed by atoms with Crippen LogP contribution in [0.5, 0.6) is 0 Å². The van der Waals surface area contributed by atoms with Crippen molar-refractivity contribution in [3.05, 3.63) is 52.5 Å². The molecule has 0 saturated carbocycles. The Kier molecular flexibility index (Phi) is 11.7. The van der Waals surface area contributed by atoms with Gasteiger partial charge in [-0.3, -0.25) is 14.4 Å². The molecule has 34 heavy (non-hydrogen) atoms. The Balaban J connectivity index is 2.98. The van der Waals surface area contributed by atoms with Crippen molar-refractivity contribution < 1.29 is 19.5 Å². The molecule has 0 aliphatic heterocycles. The molecule has 8 heteroatoms. The van der Waals surface area contributed by atoms with Crippen LogP contribution in [0.3, 0.4) is 0 Å². The van der Waals surface area contributed by atoms with E-state index in [1.54, 1.807) is 32.9 Å². The Labute approximate surface area is 207 Å². The van der Waals surface area contributed by atoms with Crippen molar-refractivity contribution in [1.29, 1.82) is 0 Å². The number of hydrogen-bond acceptors (Lipinski definition) is 5. The van der Waals surface area contributed by atoms with E-state index in [0.717, 1.165) is 10.6 Å². The molecule has 0 bridgehead atoms. The quantitative estimate of drug-likeness (QED) is 0.238. The van der Waals surface area contributed by atoms with Crippen LogP contribution in [-0.4, -0.2) is 48.2 Å². The molecular formula is C26H37N3O4S. The third-order valence-corrected chi connectivity index (χ3v) is 6.04. The lowest BCUT2D eigenvalue weighted by molar-refractivity contribution is -0.137. The minimum atomic E-state index is -0.933. The Morgan fingerprint density at radius 2 is 1.88 bits per heavy atom. The fourth-order valence-electron chi connectivity index (χ4n) is 3.27. The van der Waals surface area contributed by atoms with E-state index < -0.39 is 12.0 Å². The molecule has 2 amide bonds. The summed E-state index contributed by atoms with van der Waals surface area (Å²) >= 11 is 1.33. The van der Waals surface area contributed by atoms with Gasteiger partial charge in [-0.1, -0.05) is 26.5 Å². The lowest BCUT2D eigenvalue weighted by Gasteiger charge is -2.19. The van der Waals surface area contributed by atoms with E-state index in [2.05, 4.69) is 16.9 Å². The number of thiophene rings is 1. The largest absolute Gasteiger partial charge is 0.481 e. The number of carbonyl (C=O) groups excluding carboxylic acids is 2. The van der Waals surface area contributed by atoms with Gasteiger partial charge in [0.15, 0.2) is 0 Å². The van der Waals surface area contributed by atoms with Crippen molar-refractivity contribution in [3.8, 4) is 0 Å². The average Bonchev–Trinajstić information content (AvgIpc) is 3.19. The van der Waals surface area contributed by atoms with Gasteiger partial charge in [0, 0.05) is 30.9 Å². The number of nitrogens with one attached hydrogen (secondary N) is 1. The number of rotatable bonds is 12. The van der Waals surface area contributed by atoms with Gasteiger partial charge in [0.2, 0.25) is 0 Å². The maximum absolute atomic E-state index is 12.7. The molecule has 0 radical (unpaired) electrons. The highest BCUT2D eigenvalue weighted by Gasteiger charge is 2.20. The molecule has 0 spiro atoms. The highest BCUT2D eigenvalue weighted by atomic mass is 32.1. The maximum Gasteiger partial charge on any atom is 0.305 e. The maximum atomic E-state index is 12.7. The van der Waals surface area contributed by atoms with Gasteiger partial charge in [-0.2, -0.15) is 0 Å². The Morgan fingerprint density at radius 1 is 1.24 bits per heavy atom. The number of carbonyl (C=O) groups is 3. The van der Waals surface area contributed by atoms with Gasteiger partial charge in [-0.15, -0.1) is 11.3 Å². The lowest BCUT2D eigenvalue weighted by atomic mass is 10.0. The van der Waals surface area contributed by atoms with Crippen LogP contribution in [0.2, 0.25) is 0 Å². The normalized spacial score (nSPS) is 12.8. The molecule has 0 saturated heterocycles. The van der Waals surface area contributed by atoms with Crippen molar-refractivity contribution >= 4 is 39.8 Å². The van der Waals surface area contributed by atoms with E-state index in [9.17, 15) is 14.4 Å². The molecular weight excluding hydrogens is 450 g/mol. The first-order chi connectivity index (χ1) is 15.8. The second-order valence-electron chi connectivity index (χ2n) is 8.96. The third kappa shape index (κ3) is 9.87. The molecule has 186 valence electrons. The fourth-order valence-corrected chi connectivity index (χ4v) is 4.14. The monoisotopic (exact) mass is 487 g/mol. The van der Waals surface area contributed by atoms with Gasteiger partial charge in [0.05, 0.1) is 16.3 Å². The number of nitrogens with zero attached hydrogens (tertiary/aromatic N) is 2. The molecule has 1 rings (SSSR count). The van der Waals surface area contributed by atoms with E-state index in [1.165, 1.54) is 11.3 Å². The van der Waals surface area contributed by atoms with Crippen LogP contribution in [0.25, 0.3) is 0 Å². The lowest BCUT2D eigenvalue weighted by Crippen LogP contribution is -2.37. The number of allylic oxidation sites excluding steroid dienone is 1. The number of carboxylic acids is 1. The smallest absolute Gasteiger partial charge is 0.305 e. The van der Waals surface area contributed by atoms with E-state index >= 15 is 0 Å². The van der Waals surface area contributed by atoms with Crippen molar-refractivity contribution in [1.82, 2.24) is 5.32 Å². The fraction of sp³-hybridized carbons (Fsp3) is 0.462. The number of amides is 2. The molecule has 2 N–H and O–H groups in total. The minimum Gasteiger partial charge on any atom is -0.481 e. The summed E-state index contributed by atoms with van der Waals surface area (Å²) < 4.78 is 0. The molecule has 1 unspecified atom stereocenters. The first-order valence-corrected chi connectivity index (χ1v) is 12.1. The number of aliphatic carboxylic acids is 1. The Bertz CT molecular complexity index is 997. The highest BCUT2D eigenvalue weighted by Crippen LogP contribution is 2.27. The number of aliphatic imine (C=N–C) groups is 1. The summed E-state index contributed by atoms with van der Waals surface area (Å²) in [6.07, 6.45) is 4.22. The topological polar surface area (TPSA) is 99.1 Å². The minimum absolute atomic E-state index is 0.107. The summed E-state index contributed by atoms with van der Waals surface area (Å²) in [4.78, 5) is 42.9. The van der Waals surface area contributed by atoms with Gasteiger partial charge < -0.3 is 15.3 Å².